The van der Waals surface area contributed by atoms with Crippen molar-refractivity contribution in [3.8, 4) is 0 Å². The van der Waals surface area contributed by atoms with E-state index in [1.807, 2.05) is 25.8 Å². The second-order valence-electron chi connectivity index (χ2n) is 3.74. The van der Waals surface area contributed by atoms with E-state index in [0.717, 1.165) is 11.5 Å². The molecule has 0 fully saturated rings. The van der Waals surface area contributed by atoms with Crippen LogP contribution in [0.3, 0.4) is 0 Å². The minimum absolute atomic E-state index is 0.271. The number of hydrogen-bond donors (Lipinski definition) is 1. The molecule has 5 nitrogen and oxygen atoms in total. The molecule has 70 valence electrons. The second kappa shape index (κ2) is 2.25. The van der Waals surface area contributed by atoms with Crippen LogP contribution in [0, 0.1) is 0 Å². The van der Waals surface area contributed by atoms with Gasteiger partial charge in [-0.2, -0.15) is 0 Å². The molecule has 0 radical (unpaired) electrons. The molecule has 13 heavy (non-hydrogen) atoms. The molecule has 1 aliphatic heterocycles. The molecule has 2 heterocycles. The summed E-state index contributed by atoms with van der Waals surface area (Å²) in [6.45, 7) is 4.03. The third-order valence-electron chi connectivity index (χ3n) is 2.23. The van der Waals surface area contributed by atoms with Gasteiger partial charge in [-0.15, -0.1) is 0 Å². The van der Waals surface area contributed by atoms with E-state index in [2.05, 4.69) is 9.98 Å². The van der Waals surface area contributed by atoms with Gasteiger partial charge in [-0.1, -0.05) is 0 Å². The Morgan fingerprint density at radius 3 is 2.77 bits per heavy atom. The Kier molecular flexibility index (Phi) is 1.40. The average Bonchev–Trinajstić information content (AvgIpc) is 2.42. The predicted molar refractivity (Wildman–Crippen MR) is 52.3 cm³/mol. The Balaban J connectivity index is 2.63. The van der Waals surface area contributed by atoms with Gasteiger partial charge < -0.3 is 10.7 Å². The first-order valence-corrected chi connectivity index (χ1v) is 4.13. The first-order valence-electron chi connectivity index (χ1n) is 4.13. The van der Waals surface area contributed by atoms with E-state index >= 15 is 0 Å². The number of anilines is 1. The maximum absolute atomic E-state index is 5.72. The van der Waals surface area contributed by atoms with Crippen LogP contribution in [0.15, 0.2) is 11.3 Å². The maximum atomic E-state index is 5.72. The SMILES string of the molecule is CN1C=NC(C)(C)c2ncn(N)c21. The van der Waals surface area contributed by atoms with Crippen molar-refractivity contribution in [2.45, 2.75) is 19.4 Å². The molecule has 5 heteroatoms. The highest BCUT2D eigenvalue weighted by atomic mass is 15.4. The summed E-state index contributed by atoms with van der Waals surface area (Å²) in [6.07, 6.45) is 3.38. The number of rotatable bonds is 0. The van der Waals surface area contributed by atoms with Crippen LogP contribution >= 0.6 is 0 Å². The molecule has 0 saturated carbocycles. The lowest BCUT2D eigenvalue weighted by molar-refractivity contribution is 0.536. The lowest BCUT2D eigenvalue weighted by Crippen LogP contribution is -2.31. The van der Waals surface area contributed by atoms with Gasteiger partial charge in [0, 0.05) is 7.05 Å². The highest BCUT2D eigenvalue weighted by Crippen LogP contribution is 2.33. The lowest BCUT2D eigenvalue weighted by atomic mass is 10.0. The minimum atomic E-state index is -0.271. The van der Waals surface area contributed by atoms with E-state index < -0.39 is 0 Å². The summed E-state index contributed by atoms with van der Waals surface area (Å²) in [5.74, 6) is 6.63. The van der Waals surface area contributed by atoms with Crippen molar-refractivity contribution in [1.82, 2.24) is 9.66 Å². The largest absolute Gasteiger partial charge is 0.336 e. The van der Waals surface area contributed by atoms with Crippen molar-refractivity contribution in [3.63, 3.8) is 0 Å². The number of nitrogen functional groups attached to an aromatic ring is 1. The highest BCUT2D eigenvalue weighted by molar-refractivity contribution is 5.81. The minimum Gasteiger partial charge on any atom is -0.336 e. The molecule has 1 aromatic heterocycles. The summed E-state index contributed by atoms with van der Waals surface area (Å²) in [7, 11) is 1.91. The van der Waals surface area contributed by atoms with Crippen molar-refractivity contribution in [1.29, 1.82) is 0 Å². The molecule has 0 atom stereocenters. The van der Waals surface area contributed by atoms with Crippen molar-refractivity contribution in [3.05, 3.63) is 12.0 Å². The third kappa shape index (κ3) is 0.998. The standard InChI is InChI=1S/C8H13N5/c1-8(2)6-7(12(3)5-11-8)13(9)4-10-6/h4-5H,9H2,1-3H3. The van der Waals surface area contributed by atoms with Crippen LogP contribution in [-0.2, 0) is 5.54 Å². The fourth-order valence-electron chi connectivity index (χ4n) is 1.48. The van der Waals surface area contributed by atoms with Crippen LogP contribution in [0.4, 0.5) is 5.82 Å². The molecule has 0 amide bonds. The molecule has 0 spiro atoms. The topological polar surface area (TPSA) is 59.4 Å². The summed E-state index contributed by atoms with van der Waals surface area (Å²) in [4.78, 5) is 10.5. The second-order valence-corrected chi connectivity index (χ2v) is 3.74. The molecule has 0 unspecified atom stereocenters. The number of nitrogens with two attached hydrogens (primary N) is 1. The monoisotopic (exact) mass is 179 g/mol. The maximum Gasteiger partial charge on any atom is 0.158 e. The van der Waals surface area contributed by atoms with Crippen LogP contribution in [-0.4, -0.2) is 23.0 Å². The number of nitrogens with zero attached hydrogens (tertiary/aromatic N) is 4. The van der Waals surface area contributed by atoms with E-state index in [0.29, 0.717) is 0 Å². The fourth-order valence-corrected chi connectivity index (χ4v) is 1.48. The van der Waals surface area contributed by atoms with Gasteiger partial charge >= 0.3 is 0 Å². The summed E-state index contributed by atoms with van der Waals surface area (Å²) in [5, 5.41) is 0. The number of aliphatic imine (C=N–C) groups is 1. The number of hydrogen-bond acceptors (Lipinski definition) is 4. The zero-order valence-corrected chi connectivity index (χ0v) is 8.02. The van der Waals surface area contributed by atoms with Gasteiger partial charge in [0.15, 0.2) is 5.82 Å². The highest BCUT2D eigenvalue weighted by Gasteiger charge is 2.31. The molecule has 0 aromatic carbocycles. The third-order valence-corrected chi connectivity index (χ3v) is 2.23. The van der Waals surface area contributed by atoms with Crippen LogP contribution in [0.1, 0.15) is 19.5 Å². The van der Waals surface area contributed by atoms with Gasteiger partial charge in [0.1, 0.15) is 17.6 Å². The summed E-state index contributed by atoms with van der Waals surface area (Å²) in [5.41, 5.74) is 0.645. The molecular weight excluding hydrogens is 166 g/mol. The zero-order valence-electron chi connectivity index (χ0n) is 8.02. The van der Waals surface area contributed by atoms with Crippen LogP contribution in [0.25, 0.3) is 0 Å². The zero-order chi connectivity index (χ0) is 9.64. The van der Waals surface area contributed by atoms with E-state index in [9.17, 15) is 0 Å². The van der Waals surface area contributed by atoms with E-state index in [1.165, 1.54) is 4.68 Å². The van der Waals surface area contributed by atoms with Crippen LogP contribution in [0.5, 0.6) is 0 Å². The fraction of sp³-hybridized carbons (Fsp3) is 0.500. The van der Waals surface area contributed by atoms with Crippen molar-refractivity contribution in [2.24, 2.45) is 4.99 Å². The molecule has 0 bridgehead atoms. The molecule has 2 N–H and O–H groups in total. The van der Waals surface area contributed by atoms with Crippen LogP contribution in [0.2, 0.25) is 0 Å². The number of aromatic nitrogens is 2. The van der Waals surface area contributed by atoms with Gasteiger partial charge in [-0.25, -0.2) is 9.66 Å². The lowest BCUT2D eigenvalue weighted by Gasteiger charge is -2.28. The van der Waals surface area contributed by atoms with Crippen molar-refractivity contribution < 1.29 is 0 Å². The predicted octanol–water partition coefficient (Wildman–Crippen LogP) is 0.310. The van der Waals surface area contributed by atoms with E-state index in [4.69, 9.17) is 5.84 Å². The Bertz CT molecular complexity index is 363. The first-order chi connectivity index (χ1) is 6.02. The van der Waals surface area contributed by atoms with Crippen LogP contribution < -0.4 is 10.7 Å². The molecule has 1 aliphatic rings. The quantitative estimate of drug-likeness (QED) is 0.583. The number of fused-ring (bicyclic) bond motifs is 1. The molecule has 0 aliphatic carbocycles. The normalized spacial score (nSPS) is 18.8. The van der Waals surface area contributed by atoms with Gasteiger partial charge in [0.05, 0.1) is 6.34 Å². The first kappa shape index (κ1) is 8.10. The van der Waals surface area contributed by atoms with Gasteiger partial charge in [0.2, 0.25) is 0 Å². The van der Waals surface area contributed by atoms with Crippen molar-refractivity contribution >= 4 is 12.2 Å². The Morgan fingerprint density at radius 1 is 1.46 bits per heavy atom. The smallest absolute Gasteiger partial charge is 0.158 e. The molecule has 2 rings (SSSR count). The molecular formula is C8H13N5. The molecule has 0 saturated heterocycles. The summed E-state index contributed by atoms with van der Waals surface area (Å²) < 4.78 is 1.52. The Hall–Kier alpha value is -1.52. The van der Waals surface area contributed by atoms with E-state index in [-0.39, 0.29) is 5.54 Å². The average molecular weight is 179 g/mol. The van der Waals surface area contributed by atoms with Crippen molar-refractivity contribution in [2.75, 3.05) is 17.8 Å². The number of imidazole rings is 1. The summed E-state index contributed by atoms with van der Waals surface area (Å²) in [6, 6.07) is 0. The Labute approximate surface area is 76.9 Å². The molecule has 1 aromatic rings. The van der Waals surface area contributed by atoms with Gasteiger partial charge in [0.25, 0.3) is 0 Å². The Morgan fingerprint density at radius 2 is 2.15 bits per heavy atom. The van der Waals surface area contributed by atoms with E-state index in [1.54, 1.807) is 12.7 Å². The summed E-state index contributed by atoms with van der Waals surface area (Å²) >= 11 is 0. The van der Waals surface area contributed by atoms with Gasteiger partial charge in [-0.3, -0.25) is 4.99 Å². The van der Waals surface area contributed by atoms with Gasteiger partial charge in [-0.05, 0) is 13.8 Å².